The third kappa shape index (κ3) is 4.15. The van der Waals surface area contributed by atoms with E-state index >= 15 is 0 Å². The largest absolute Gasteiger partial charge is 0.315 e. The first-order chi connectivity index (χ1) is 8.20. The van der Waals surface area contributed by atoms with Crippen LogP contribution in [-0.2, 0) is 0 Å². The summed E-state index contributed by atoms with van der Waals surface area (Å²) in [4.78, 5) is 2.55. The maximum Gasteiger partial charge on any atom is 0.0256 e. The lowest BCUT2D eigenvalue weighted by Crippen LogP contribution is -2.40. The molecular formula is C14H28N2S. The van der Waals surface area contributed by atoms with Gasteiger partial charge in [-0.2, -0.15) is 11.8 Å². The minimum atomic E-state index is 0.526. The monoisotopic (exact) mass is 256 g/mol. The van der Waals surface area contributed by atoms with E-state index in [1.807, 2.05) is 0 Å². The molecule has 17 heavy (non-hydrogen) atoms. The van der Waals surface area contributed by atoms with Crippen LogP contribution in [-0.4, -0.2) is 48.1 Å². The van der Waals surface area contributed by atoms with E-state index in [-0.39, 0.29) is 0 Å². The molecule has 100 valence electrons. The molecule has 0 aromatic rings. The summed E-state index contributed by atoms with van der Waals surface area (Å²) in [6.45, 7) is 6.13. The van der Waals surface area contributed by atoms with Gasteiger partial charge in [-0.05, 0) is 64.9 Å². The quantitative estimate of drug-likeness (QED) is 0.762. The molecule has 0 bridgehead atoms. The Morgan fingerprint density at radius 3 is 2.94 bits per heavy atom. The summed E-state index contributed by atoms with van der Waals surface area (Å²) >= 11 is 2.16. The van der Waals surface area contributed by atoms with Crippen molar-refractivity contribution in [3.63, 3.8) is 0 Å². The molecule has 0 amide bonds. The van der Waals surface area contributed by atoms with Crippen molar-refractivity contribution in [3.8, 4) is 0 Å². The molecule has 0 aromatic carbocycles. The highest BCUT2D eigenvalue weighted by Gasteiger charge is 2.28. The molecule has 0 aromatic heterocycles. The molecule has 1 N–H and O–H groups in total. The van der Waals surface area contributed by atoms with Crippen molar-refractivity contribution in [1.82, 2.24) is 10.2 Å². The van der Waals surface area contributed by atoms with Crippen LogP contribution in [0.25, 0.3) is 0 Å². The van der Waals surface area contributed by atoms with Gasteiger partial charge in [0.25, 0.3) is 0 Å². The van der Waals surface area contributed by atoms with E-state index in [2.05, 4.69) is 35.9 Å². The zero-order valence-electron chi connectivity index (χ0n) is 11.5. The van der Waals surface area contributed by atoms with Crippen LogP contribution < -0.4 is 5.32 Å². The molecule has 2 nitrogen and oxygen atoms in total. The summed E-state index contributed by atoms with van der Waals surface area (Å²) < 4.78 is 0.526. The number of rotatable bonds is 5. The fourth-order valence-electron chi connectivity index (χ4n) is 3.11. The maximum absolute atomic E-state index is 3.69. The smallest absolute Gasteiger partial charge is 0.0256 e. The van der Waals surface area contributed by atoms with E-state index < -0.39 is 0 Å². The highest BCUT2D eigenvalue weighted by atomic mass is 32.2. The topological polar surface area (TPSA) is 15.3 Å². The Bertz CT molecular complexity index is 226. The normalized spacial score (nSPS) is 35.3. The Labute approximate surface area is 111 Å². The lowest BCUT2D eigenvalue weighted by atomic mass is 10.00. The molecule has 2 aliphatic heterocycles. The Morgan fingerprint density at radius 1 is 1.35 bits per heavy atom. The van der Waals surface area contributed by atoms with Crippen molar-refractivity contribution in [3.05, 3.63) is 0 Å². The van der Waals surface area contributed by atoms with E-state index in [1.165, 1.54) is 63.9 Å². The Balaban J connectivity index is 1.59. The lowest BCUT2D eigenvalue weighted by Gasteiger charge is -2.33. The number of nitrogens with zero attached hydrogens (tertiary/aromatic N) is 1. The summed E-state index contributed by atoms with van der Waals surface area (Å²) in [5.74, 6) is 1.36. The Kier molecular flexibility index (Phi) is 5.19. The predicted octanol–water partition coefficient (Wildman–Crippen LogP) is 2.74. The number of thioether (sulfide) groups is 1. The summed E-state index contributed by atoms with van der Waals surface area (Å²) in [6.07, 6.45) is 8.38. The van der Waals surface area contributed by atoms with Gasteiger partial charge in [-0.3, -0.25) is 0 Å². The van der Waals surface area contributed by atoms with Crippen molar-refractivity contribution in [2.24, 2.45) is 0 Å². The van der Waals surface area contributed by atoms with E-state index in [4.69, 9.17) is 0 Å². The Morgan fingerprint density at radius 2 is 2.24 bits per heavy atom. The van der Waals surface area contributed by atoms with E-state index in [9.17, 15) is 0 Å². The van der Waals surface area contributed by atoms with Crippen molar-refractivity contribution in [2.45, 2.75) is 56.2 Å². The predicted molar refractivity (Wildman–Crippen MR) is 77.9 cm³/mol. The standard InChI is InChI=1S/C14H28N2S/c1-14(8-5-11-17-14)12-15-9-7-13-6-3-4-10-16(13)2/h13,15H,3-12H2,1-2H3. The average Bonchev–Trinajstić information content (AvgIpc) is 2.74. The van der Waals surface area contributed by atoms with E-state index in [0.29, 0.717) is 4.75 Å². The van der Waals surface area contributed by atoms with Gasteiger partial charge < -0.3 is 10.2 Å². The van der Waals surface area contributed by atoms with Crippen LogP contribution in [0.1, 0.15) is 45.4 Å². The molecule has 2 aliphatic rings. The van der Waals surface area contributed by atoms with Crippen LogP contribution in [0.2, 0.25) is 0 Å². The van der Waals surface area contributed by atoms with Gasteiger partial charge >= 0.3 is 0 Å². The van der Waals surface area contributed by atoms with Gasteiger partial charge in [0.05, 0.1) is 0 Å². The van der Waals surface area contributed by atoms with Crippen molar-refractivity contribution in [2.75, 3.05) is 32.4 Å². The van der Waals surface area contributed by atoms with Gasteiger partial charge in [-0.25, -0.2) is 0 Å². The van der Waals surface area contributed by atoms with Gasteiger partial charge in [0.2, 0.25) is 0 Å². The van der Waals surface area contributed by atoms with Crippen LogP contribution in [0, 0.1) is 0 Å². The minimum absolute atomic E-state index is 0.526. The second-order valence-corrected chi connectivity index (χ2v) is 7.68. The number of likely N-dealkylation sites (tertiary alicyclic amines) is 1. The molecule has 2 rings (SSSR count). The summed E-state index contributed by atoms with van der Waals surface area (Å²) in [5.41, 5.74) is 0. The average molecular weight is 256 g/mol. The molecule has 2 fully saturated rings. The van der Waals surface area contributed by atoms with Crippen molar-refractivity contribution in [1.29, 1.82) is 0 Å². The first-order valence-electron chi connectivity index (χ1n) is 7.25. The van der Waals surface area contributed by atoms with Crippen LogP contribution >= 0.6 is 11.8 Å². The van der Waals surface area contributed by atoms with Crippen molar-refractivity contribution >= 4 is 11.8 Å². The number of hydrogen-bond donors (Lipinski definition) is 1. The van der Waals surface area contributed by atoms with Gasteiger partial charge in [-0.1, -0.05) is 6.42 Å². The number of nitrogens with one attached hydrogen (secondary N) is 1. The minimum Gasteiger partial charge on any atom is -0.315 e. The number of hydrogen-bond acceptors (Lipinski definition) is 3. The summed E-state index contributed by atoms with van der Waals surface area (Å²) in [5, 5.41) is 3.69. The van der Waals surface area contributed by atoms with Crippen LogP contribution in [0.3, 0.4) is 0 Å². The second-order valence-electron chi connectivity index (χ2n) is 6.00. The van der Waals surface area contributed by atoms with E-state index in [0.717, 1.165) is 6.04 Å². The Hall–Kier alpha value is 0.270. The first-order valence-corrected chi connectivity index (χ1v) is 8.23. The molecular weight excluding hydrogens is 228 g/mol. The SMILES string of the molecule is CN1CCCCC1CCNCC1(C)CCCS1. The summed E-state index contributed by atoms with van der Waals surface area (Å²) in [6, 6.07) is 0.834. The summed E-state index contributed by atoms with van der Waals surface area (Å²) in [7, 11) is 2.29. The number of piperidine rings is 1. The molecule has 2 atom stereocenters. The molecule has 0 radical (unpaired) electrons. The second kappa shape index (κ2) is 6.44. The molecule has 2 unspecified atom stereocenters. The molecule has 0 aliphatic carbocycles. The fourth-order valence-corrected chi connectivity index (χ4v) is 4.38. The molecule has 0 saturated carbocycles. The van der Waals surface area contributed by atoms with Gasteiger partial charge in [0, 0.05) is 17.3 Å². The third-order valence-electron chi connectivity index (χ3n) is 4.38. The first kappa shape index (κ1) is 13.7. The van der Waals surface area contributed by atoms with Crippen LogP contribution in [0.15, 0.2) is 0 Å². The highest BCUT2D eigenvalue weighted by molar-refractivity contribution is 8.00. The maximum atomic E-state index is 3.69. The zero-order valence-corrected chi connectivity index (χ0v) is 12.3. The fraction of sp³-hybridized carbons (Fsp3) is 1.00. The molecule has 2 heterocycles. The zero-order chi connectivity index (χ0) is 12.1. The van der Waals surface area contributed by atoms with Crippen LogP contribution in [0.5, 0.6) is 0 Å². The van der Waals surface area contributed by atoms with Crippen LogP contribution in [0.4, 0.5) is 0 Å². The van der Waals surface area contributed by atoms with Gasteiger partial charge in [0.15, 0.2) is 0 Å². The van der Waals surface area contributed by atoms with E-state index in [1.54, 1.807) is 0 Å². The molecule has 3 heteroatoms. The molecule has 0 spiro atoms. The van der Waals surface area contributed by atoms with Crippen molar-refractivity contribution < 1.29 is 0 Å². The lowest BCUT2D eigenvalue weighted by molar-refractivity contribution is 0.175. The molecule has 2 saturated heterocycles. The third-order valence-corrected chi connectivity index (χ3v) is 5.91. The highest BCUT2D eigenvalue weighted by Crippen LogP contribution is 2.36. The van der Waals surface area contributed by atoms with Gasteiger partial charge in [0.1, 0.15) is 0 Å². The van der Waals surface area contributed by atoms with Gasteiger partial charge in [-0.15, -0.1) is 0 Å².